The molecule has 0 bridgehead atoms. The molecule has 0 saturated heterocycles. The largest absolute Gasteiger partial charge is 0.383 e. The summed E-state index contributed by atoms with van der Waals surface area (Å²) in [5.74, 6) is 1.28. The van der Waals surface area contributed by atoms with Gasteiger partial charge in [0, 0.05) is 32.0 Å². The molecule has 0 saturated carbocycles. The molecule has 0 fully saturated rings. The molecule has 8 nitrogen and oxygen atoms in total. The zero-order valence-corrected chi connectivity index (χ0v) is 15.1. The summed E-state index contributed by atoms with van der Waals surface area (Å²) in [6.07, 6.45) is 0.703. The van der Waals surface area contributed by atoms with Crippen LogP contribution in [0.2, 0.25) is 0 Å². The average molecular weight is 365 g/mol. The molecule has 4 N–H and O–H groups in total. The van der Waals surface area contributed by atoms with Crippen molar-refractivity contribution in [3.63, 3.8) is 0 Å². The lowest BCUT2D eigenvalue weighted by molar-refractivity contribution is 0.210. The van der Waals surface area contributed by atoms with E-state index in [0.29, 0.717) is 32.1 Å². The summed E-state index contributed by atoms with van der Waals surface area (Å²) in [7, 11) is -2.01. The summed E-state index contributed by atoms with van der Waals surface area (Å²) in [5, 5.41) is 11.4. The number of aryl methyl sites for hydroxylation is 1. The quantitative estimate of drug-likeness (QED) is 0.570. The van der Waals surface area contributed by atoms with Crippen molar-refractivity contribution >= 4 is 21.8 Å². The second-order valence-corrected chi connectivity index (χ2v) is 7.06. The van der Waals surface area contributed by atoms with Gasteiger partial charge in [0.25, 0.3) is 0 Å². The number of hydrogen-bond donors (Lipinski definition) is 3. The molecule has 136 valence electrons. The lowest BCUT2D eigenvalue weighted by Crippen LogP contribution is -2.13. The van der Waals surface area contributed by atoms with Crippen molar-refractivity contribution < 1.29 is 13.2 Å². The molecule has 1 heterocycles. The van der Waals surface area contributed by atoms with Gasteiger partial charge in [0.1, 0.15) is 5.82 Å². The van der Waals surface area contributed by atoms with Gasteiger partial charge in [-0.15, -0.1) is 0 Å². The van der Waals surface area contributed by atoms with Gasteiger partial charge in [0.15, 0.2) is 0 Å². The van der Waals surface area contributed by atoms with Gasteiger partial charge >= 0.3 is 0 Å². The van der Waals surface area contributed by atoms with Crippen LogP contribution in [-0.2, 0) is 21.2 Å². The number of nitrogens with two attached hydrogens (primary N) is 1. The van der Waals surface area contributed by atoms with Gasteiger partial charge in [-0.2, -0.15) is 4.98 Å². The van der Waals surface area contributed by atoms with E-state index in [0.717, 1.165) is 17.1 Å². The van der Waals surface area contributed by atoms with Crippen LogP contribution in [0.1, 0.15) is 11.3 Å². The third kappa shape index (κ3) is 6.29. The van der Waals surface area contributed by atoms with Crippen LogP contribution in [-0.4, -0.2) is 45.2 Å². The number of ether oxygens (including phenoxy) is 1. The van der Waals surface area contributed by atoms with Crippen LogP contribution in [0, 0.1) is 6.92 Å². The van der Waals surface area contributed by atoms with Crippen LogP contribution in [0.3, 0.4) is 0 Å². The predicted molar refractivity (Wildman–Crippen MR) is 97.1 cm³/mol. The van der Waals surface area contributed by atoms with E-state index < -0.39 is 10.0 Å². The summed E-state index contributed by atoms with van der Waals surface area (Å²) in [6.45, 7) is 3.79. The van der Waals surface area contributed by atoms with E-state index in [1.54, 1.807) is 19.2 Å². The SMILES string of the molecule is COCCNc1cc(C)nc(NCCc2ccc(S(N)(=O)=O)cc2)n1. The molecule has 0 radical (unpaired) electrons. The van der Waals surface area contributed by atoms with Gasteiger partial charge in [0.2, 0.25) is 16.0 Å². The highest BCUT2D eigenvalue weighted by atomic mass is 32.2. The fourth-order valence-electron chi connectivity index (χ4n) is 2.18. The molecule has 25 heavy (non-hydrogen) atoms. The first kappa shape index (κ1) is 19.1. The summed E-state index contributed by atoms with van der Waals surface area (Å²) in [5.41, 5.74) is 1.85. The summed E-state index contributed by atoms with van der Waals surface area (Å²) < 4.78 is 27.5. The number of methoxy groups -OCH3 is 1. The molecule has 0 aliphatic heterocycles. The topological polar surface area (TPSA) is 119 Å². The van der Waals surface area contributed by atoms with Crippen LogP contribution in [0.15, 0.2) is 35.2 Å². The molecule has 2 aromatic rings. The number of rotatable bonds is 9. The van der Waals surface area contributed by atoms with Gasteiger partial charge in [-0.25, -0.2) is 18.5 Å². The zero-order valence-electron chi connectivity index (χ0n) is 14.3. The molecule has 9 heteroatoms. The van der Waals surface area contributed by atoms with Gasteiger partial charge in [-0.3, -0.25) is 0 Å². The third-order valence-corrected chi connectivity index (χ3v) is 4.34. The number of aromatic nitrogens is 2. The Labute approximate surface area is 147 Å². The Hall–Kier alpha value is -2.23. The van der Waals surface area contributed by atoms with E-state index in [1.165, 1.54) is 12.1 Å². The minimum atomic E-state index is -3.65. The number of primary sulfonamides is 1. The Morgan fingerprint density at radius 1 is 1.12 bits per heavy atom. The predicted octanol–water partition coefficient (Wildman–Crippen LogP) is 1.15. The van der Waals surface area contributed by atoms with E-state index in [4.69, 9.17) is 9.88 Å². The van der Waals surface area contributed by atoms with Gasteiger partial charge < -0.3 is 15.4 Å². The highest BCUT2D eigenvalue weighted by Crippen LogP contribution is 2.11. The molecule has 0 aliphatic rings. The molecule has 0 spiro atoms. The van der Waals surface area contributed by atoms with E-state index >= 15 is 0 Å². The van der Waals surface area contributed by atoms with E-state index in [9.17, 15) is 8.42 Å². The number of anilines is 2. The molecule has 0 atom stereocenters. The molecule has 1 aromatic heterocycles. The number of hydrogen-bond acceptors (Lipinski definition) is 7. The normalized spacial score (nSPS) is 11.3. The van der Waals surface area contributed by atoms with Crippen molar-refractivity contribution in [3.05, 3.63) is 41.6 Å². The van der Waals surface area contributed by atoms with Crippen LogP contribution in [0.25, 0.3) is 0 Å². The highest BCUT2D eigenvalue weighted by Gasteiger charge is 2.07. The van der Waals surface area contributed by atoms with Crippen molar-refractivity contribution in [2.24, 2.45) is 5.14 Å². The van der Waals surface area contributed by atoms with Crippen LogP contribution in [0.4, 0.5) is 11.8 Å². The number of nitrogens with one attached hydrogen (secondary N) is 2. The maximum absolute atomic E-state index is 11.2. The monoisotopic (exact) mass is 365 g/mol. The second-order valence-electron chi connectivity index (χ2n) is 5.50. The van der Waals surface area contributed by atoms with Gasteiger partial charge in [-0.1, -0.05) is 12.1 Å². The van der Waals surface area contributed by atoms with Crippen LogP contribution < -0.4 is 15.8 Å². The maximum Gasteiger partial charge on any atom is 0.238 e. The number of benzene rings is 1. The van der Waals surface area contributed by atoms with Gasteiger partial charge in [-0.05, 0) is 31.0 Å². The Balaban J connectivity index is 1.90. The van der Waals surface area contributed by atoms with Crippen molar-refractivity contribution in [2.45, 2.75) is 18.2 Å². The van der Waals surface area contributed by atoms with E-state index in [-0.39, 0.29) is 4.90 Å². The fourth-order valence-corrected chi connectivity index (χ4v) is 2.70. The Kier molecular flexibility index (Phi) is 6.68. The molecule has 0 aliphatic carbocycles. The fraction of sp³-hybridized carbons (Fsp3) is 0.375. The lowest BCUT2D eigenvalue weighted by atomic mass is 10.1. The van der Waals surface area contributed by atoms with E-state index in [2.05, 4.69) is 20.6 Å². The lowest BCUT2D eigenvalue weighted by Gasteiger charge is -2.10. The Morgan fingerprint density at radius 2 is 1.84 bits per heavy atom. The molecular weight excluding hydrogens is 342 g/mol. The first-order chi connectivity index (χ1) is 11.9. The molecule has 2 rings (SSSR count). The molecule has 1 aromatic carbocycles. The van der Waals surface area contributed by atoms with Crippen LogP contribution >= 0.6 is 0 Å². The molecule has 0 amide bonds. The Bertz CT molecular complexity index is 794. The summed E-state index contributed by atoms with van der Waals surface area (Å²) >= 11 is 0. The third-order valence-electron chi connectivity index (χ3n) is 3.42. The van der Waals surface area contributed by atoms with Crippen molar-refractivity contribution in [1.29, 1.82) is 0 Å². The van der Waals surface area contributed by atoms with Crippen LogP contribution in [0.5, 0.6) is 0 Å². The molecular formula is C16H23N5O3S. The first-order valence-electron chi connectivity index (χ1n) is 7.82. The van der Waals surface area contributed by atoms with Crippen molar-refractivity contribution in [2.75, 3.05) is 37.4 Å². The first-order valence-corrected chi connectivity index (χ1v) is 9.37. The Morgan fingerprint density at radius 3 is 2.48 bits per heavy atom. The molecule has 0 unspecified atom stereocenters. The van der Waals surface area contributed by atoms with Crippen molar-refractivity contribution in [1.82, 2.24) is 9.97 Å². The summed E-state index contributed by atoms with van der Waals surface area (Å²) in [6, 6.07) is 8.37. The highest BCUT2D eigenvalue weighted by molar-refractivity contribution is 7.89. The van der Waals surface area contributed by atoms with Gasteiger partial charge in [0.05, 0.1) is 11.5 Å². The second kappa shape index (κ2) is 8.75. The minimum absolute atomic E-state index is 0.109. The summed E-state index contributed by atoms with van der Waals surface area (Å²) in [4.78, 5) is 8.86. The smallest absolute Gasteiger partial charge is 0.238 e. The minimum Gasteiger partial charge on any atom is -0.383 e. The zero-order chi connectivity index (χ0) is 18.3. The van der Waals surface area contributed by atoms with E-state index in [1.807, 2.05) is 13.0 Å². The number of sulfonamides is 1. The standard InChI is InChI=1S/C16H23N5O3S/c1-12-11-15(18-9-10-24-2)21-16(20-12)19-8-7-13-3-5-14(6-4-13)25(17,22)23/h3-6,11H,7-10H2,1-2H3,(H2,17,22,23)(H2,18,19,20,21). The number of nitrogens with zero attached hydrogens (tertiary/aromatic N) is 2. The van der Waals surface area contributed by atoms with Crippen molar-refractivity contribution in [3.8, 4) is 0 Å². The average Bonchev–Trinajstić information content (AvgIpc) is 2.54. The maximum atomic E-state index is 11.2.